The Bertz CT molecular complexity index is 720. The first-order chi connectivity index (χ1) is 14.4. The van der Waals surface area contributed by atoms with Gasteiger partial charge < -0.3 is 5.73 Å². The predicted octanol–water partition coefficient (Wildman–Crippen LogP) is 6.61. The van der Waals surface area contributed by atoms with Crippen LogP contribution in [0.15, 0.2) is 28.0 Å². The zero-order valence-electron chi connectivity index (χ0n) is 18.4. The number of nitrogens with two attached hydrogens (primary N) is 1. The molecule has 0 unspecified atom stereocenters. The van der Waals surface area contributed by atoms with Crippen molar-refractivity contribution >= 4 is 27.8 Å². The van der Waals surface area contributed by atoms with Crippen LogP contribution in [0.3, 0.4) is 0 Å². The van der Waals surface area contributed by atoms with E-state index in [-0.39, 0.29) is 10.5 Å². The van der Waals surface area contributed by atoms with E-state index in [1.54, 1.807) is 0 Å². The van der Waals surface area contributed by atoms with Crippen molar-refractivity contribution < 1.29 is 17.8 Å². The maximum atomic E-state index is 11.6. The Kier molecular flexibility index (Phi) is 14.1. The lowest BCUT2D eigenvalue weighted by Crippen LogP contribution is -2.13. The predicted molar refractivity (Wildman–Crippen MR) is 126 cm³/mol. The number of unbranched alkanes of at least 4 members (excludes halogenated alkanes) is 13. The van der Waals surface area contributed by atoms with Crippen LogP contribution in [0.25, 0.3) is 0 Å². The molecule has 0 aromatic heterocycles. The number of amides is 1. The van der Waals surface area contributed by atoms with Gasteiger partial charge in [-0.1, -0.05) is 90.4 Å². The molecule has 0 bridgehead atoms. The molecule has 1 aromatic carbocycles. The van der Waals surface area contributed by atoms with Gasteiger partial charge >= 0.3 is 0 Å². The molecule has 0 aliphatic heterocycles. The van der Waals surface area contributed by atoms with Crippen molar-refractivity contribution in [3.63, 3.8) is 0 Å². The van der Waals surface area contributed by atoms with Crippen LogP contribution in [0, 0.1) is 0 Å². The fourth-order valence-electron chi connectivity index (χ4n) is 3.47. The molecule has 0 atom stereocenters. The van der Waals surface area contributed by atoms with E-state index >= 15 is 0 Å². The molecule has 0 fully saturated rings. The molecule has 7 heteroatoms. The Morgan fingerprint density at radius 1 is 0.867 bits per heavy atom. The average Bonchev–Trinajstić information content (AvgIpc) is 2.70. The molecule has 0 saturated carbocycles. The number of hydrogen-bond donors (Lipinski definition) is 2. The highest BCUT2D eigenvalue weighted by Crippen LogP contribution is 2.26. The minimum atomic E-state index is -4.34. The van der Waals surface area contributed by atoms with Gasteiger partial charge in [-0.05, 0) is 30.4 Å². The molecule has 1 rings (SSSR count). The third-order valence-electron chi connectivity index (χ3n) is 5.27. The van der Waals surface area contributed by atoms with Crippen LogP contribution in [0.1, 0.15) is 107 Å². The van der Waals surface area contributed by atoms with E-state index in [1.165, 1.54) is 101 Å². The molecule has 0 radical (unpaired) electrons. The minimum Gasteiger partial charge on any atom is -0.366 e. The van der Waals surface area contributed by atoms with Crippen LogP contribution in [0.2, 0.25) is 0 Å². The van der Waals surface area contributed by atoms with Gasteiger partial charge in [0.1, 0.15) is 0 Å². The number of benzene rings is 1. The lowest BCUT2D eigenvalue weighted by molar-refractivity contribution is 0.0997. The van der Waals surface area contributed by atoms with Gasteiger partial charge in [0.05, 0.1) is 10.5 Å². The monoisotopic (exact) mass is 457 g/mol. The summed E-state index contributed by atoms with van der Waals surface area (Å²) in [5.74, 6) is 0.160. The first-order valence-corrected chi connectivity index (χ1v) is 13.8. The molecular weight excluding hydrogens is 418 g/mol. The summed E-state index contributed by atoms with van der Waals surface area (Å²) in [6.45, 7) is 2.26. The quantitative estimate of drug-likeness (QED) is 0.147. The van der Waals surface area contributed by atoms with Crippen molar-refractivity contribution in [3.05, 3.63) is 23.8 Å². The summed E-state index contributed by atoms with van der Waals surface area (Å²) >= 11 is 1.50. The Hall–Kier alpha value is -1.05. The van der Waals surface area contributed by atoms with Gasteiger partial charge in [-0.2, -0.15) is 8.42 Å². The molecule has 0 spiro atoms. The molecule has 0 saturated heterocycles. The number of carbonyl (C=O) groups excluding carboxylic acids is 1. The molecule has 3 N–H and O–H groups in total. The molecule has 30 heavy (non-hydrogen) atoms. The Balaban J connectivity index is 2.10. The van der Waals surface area contributed by atoms with E-state index in [1.807, 2.05) is 0 Å². The van der Waals surface area contributed by atoms with Crippen molar-refractivity contribution in [1.82, 2.24) is 0 Å². The lowest BCUT2D eigenvalue weighted by Gasteiger charge is -2.08. The van der Waals surface area contributed by atoms with E-state index < -0.39 is 16.0 Å². The zero-order valence-corrected chi connectivity index (χ0v) is 20.0. The maximum absolute atomic E-state index is 11.6. The summed E-state index contributed by atoms with van der Waals surface area (Å²) in [4.78, 5) is 11.9. The smallest absolute Gasteiger partial charge is 0.294 e. The Labute approximate surface area is 187 Å². The second-order valence-electron chi connectivity index (χ2n) is 7.94. The highest BCUT2D eigenvalue weighted by atomic mass is 32.2. The summed E-state index contributed by atoms with van der Waals surface area (Å²) in [7, 11) is -4.34. The Morgan fingerprint density at radius 2 is 1.33 bits per heavy atom. The Morgan fingerprint density at radius 3 is 1.77 bits per heavy atom. The second kappa shape index (κ2) is 15.7. The van der Waals surface area contributed by atoms with Gasteiger partial charge in [0, 0.05) is 4.90 Å². The highest BCUT2D eigenvalue weighted by Gasteiger charge is 2.15. The molecule has 0 aliphatic carbocycles. The highest BCUT2D eigenvalue weighted by molar-refractivity contribution is 7.99. The van der Waals surface area contributed by atoms with Gasteiger partial charge in [-0.25, -0.2) is 0 Å². The molecule has 172 valence electrons. The first kappa shape index (κ1) is 27.0. The maximum Gasteiger partial charge on any atom is 0.294 e. The number of rotatable bonds is 18. The standard InChI is InChI=1S/C23H39NO4S2/c1-2-3-4-5-6-7-8-9-10-11-12-13-14-15-18-29-22-17-16-20(30(26,27)28)19-21(22)23(24)25/h16-17,19H,2-15,18H2,1H3,(H2,24,25)(H,26,27,28). The normalized spacial score (nSPS) is 11.7. The molecule has 5 nitrogen and oxygen atoms in total. The van der Waals surface area contributed by atoms with Crippen LogP contribution in [0.5, 0.6) is 0 Å². The van der Waals surface area contributed by atoms with Crippen molar-refractivity contribution in [2.45, 2.75) is 107 Å². The van der Waals surface area contributed by atoms with E-state index in [4.69, 9.17) is 10.3 Å². The van der Waals surface area contributed by atoms with Crippen LogP contribution >= 0.6 is 11.8 Å². The van der Waals surface area contributed by atoms with E-state index in [0.717, 1.165) is 24.7 Å². The van der Waals surface area contributed by atoms with Crippen molar-refractivity contribution in [2.24, 2.45) is 5.73 Å². The molecule has 1 amide bonds. The lowest BCUT2D eigenvalue weighted by atomic mass is 10.0. The third-order valence-corrected chi connectivity index (χ3v) is 7.28. The first-order valence-electron chi connectivity index (χ1n) is 11.4. The van der Waals surface area contributed by atoms with Crippen molar-refractivity contribution in [1.29, 1.82) is 0 Å². The molecular formula is C23H39NO4S2. The van der Waals surface area contributed by atoms with Crippen LogP contribution in [-0.4, -0.2) is 24.6 Å². The number of primary amides is 1. The van der Waals surface area contributed by atoms with Crippen LogP contribution in [-0.2, 0) is 10.1 Å². The van der Waals surface area contributed by atoms with Crippen LogP contribution < -0.4 is 5.73 Å². The van der Waals surface area contributed by atoms with Crippen molar-refractivity contribution in [3.8, 4) is 0 Å². The molecule has 1 aromatic rings. The number of thioether (sulfide) groups is 1. The SMILES string of the molecule is CCCCCCCCCCCCCCCCSc1ccc(S(=O)(=O)O)cc1C(N)=O. The van der Waals surface area contributed by atoms with Crippen molar-refractivity contribution in [2.75, 3.05) is 5.75 Å². The fraction of sp³-hybridized carbons (Fsp3) is 0.696. The van der Waals surface area contributed by atoms with E-state index in [9.17, 15) is 13.2 Å². The van der Waals surface area contributed by atoms with Gasteiger partial charge in [0.25, 0.3) is 10.1 Å². The van der Waals surface area contributed by atoms with E-state index in [0.29, 0.717) is 4.90 Å². The topological polar surface area (TPSA) is 97.5 Å². The molecule has 0 heterocycles. The summed E-state index contributed by atoms with van der Waals surface area (Å²) < 4.78 is 31.6. The number of carbonyl (C=O) groups is 1. The number of hydrogen-bond acceptors (Lipinski definition) is 4. The summed E-state index contributed by atoms with van der Waals surface area (Å²) in [5.41, 5.74) is 5.49. The van der Waals surface area contributed by atoms with Crippen LogP contribution in [0.4, 0.5) is 0 Å². The van der Waals surface area contributed by atoms with E-state index in [2.05, 4.69) is 6.92 Å². The molecule has 0 aliphatic rings. The fourth-order valence-corrected chi connectivity index (χ4v) is 5.02. The van der Waals surface area contributed by atoms with Gasteiger partial charge in [-0.3, -0.25) is 9.35 Å². The summed E-state index contributed by atoms with van der Waals surface area (Å²) in [6, 6.07) is 3.98. The van der Waals surface area contributed by atoms with Gasteiger partial charge in [0.2, 0.25) is 5.91 Å². The van der Waals surface area contributed by atoms with Gasteiger partial charge in [-0.15, -0.1) is 11.8 Å². The summed E-state index contributed by atoms with van der Waals surface area (Å²) in [5, 5.41) is 0. The average molecular weight is 458 g/mol. The zero-order chi connectivity index (χ0) is 22.2. The largest absolute Gasteiger partial charge is 0.366 e. The summed E-state index contributed by atoms with van der Waals surface area (Å²) in [6.07, 6.45) is 18.4. The minimum absolute atomic E-state index is 0.139. The third kappa shape index (κ3) is 12.0. The second-order valence-corrected chi connectivity index (χ2v) is 10.5. The van der Waals surface area contributed by atoms with Gasteiger partial charge in [0.15, 0.2) is 0 Å².